The molecule has 2 heterocycles. The Morgan fingerprint density at radius 3 is 2.75 bits per heavy atom. The molecule has 0 atom stereocenters. The van der Waals surface area contributed by atoms with Crippen molar-refractivity contribution in [2.24, 2.45) is 0 Å². The number of rotatable bonds is 1. The van der Waals surface area contributed by atoms with Crippen LogP contribution in [0.1, 0.15) is 5.69 Å². The fourth-order valence-corrected chi connectivity index (χ4v) is 3.44. The van der Waals surface area contributed by atoms with Crippen molar-refractivity contribution in [1.29, 1.82) is 0 Å². The van der Waals surface area contributed by atoms with E-state index in [4.69, 9.17) is 17.1 Å². The van der Waals surface area contributed by atoms with Gasteiger partial charge in [0.15, 0.2) is 5.65 Å². The summed E-state index contributed by atoms with van der Waals surface area (Å²) in [6.45, 7) is 0. The van der Waals surface area contributed by atoms with Gasteiger partial charge in [0.25, 0.3) is 9.05 Å². The second-order valence-corrected chi connectivity index (χ2v) is 6.01. The van der Waals surface area contributed by atoms with Gasteiger partial charge in [-0.05, 0) is 34.0 Å². The number of terminal acetylenes is 1. The third-order valence-electron chi connectivity index (χ3n) is 1.78. The molecule has 0 aliphatic rings. The molecular weight excluding hydrogens is 318 g/mol. The Kier molecular flexibility index (Phi) is 2.66. The topological polar surface area (TPSA) is 64.3 Å². The minimum absolute atomic E-state index is 0.101. The second kappa shape index (κ2) is 3.73. The normalized spacial score (nSPS) is 11.6. The van der Waals surface area contributed by atoms with E-state index in [9.17, 15) is 8.42 Å². The molecule has 0 fully saturated rings. The highest BCUT2D eigenvalue weighted by Gasteiger charge is 2.22. The fraction of sp³-hybridized carbons (Fsp3) is 0. The van der Waals surface area contributed by atoms with Crippen molar-refractivity contribution in [3.05, 3.63) is 22.4 Å². The highest BCUT2D eigenvalue weighted by Crippen LogP contribution is 2.25. The first-order chi connectivity index (χ1) is 7.43. The molecule has 2 aromatic rings. The molecule has 0 aromatic carbocycles. The molecule has 0 aliphatic heterocycles. The summed E-state index contributed by atoms with van der Waals surface area (Å²) in [6, 6.07) is 3.11. The van der Waals surface area contributed by atoms with Crippen LogP contribution in [0.3, 0.4) is 0 Å². The molecule has 0 unspecified atom stereocenters. The van der Waals surface area contributed by atoms with Crippen LogP contribution in [0.25, 0.3) is 5.65 Å². The van der Waals surface area contributed by atoms with Crippen molar-refractivity contribution in [2.75, 3.05) is 0 Å². The molecule has 0 amide bonds. The van der Waals surface area contributed by atoms with Crippen LogP contribution in [-0.2, 0) is 9.05 Å². The first-order valence-electron chi connectivity index (χ1n) is 3.90. The summed E-state index contributed by atoms with van der Waals surface area (Å²) in [7, 11) is 1.32. The van der Waals surface area contributed by atoms with E-state index in [1.165, 1.54) is 0 Å². The molecule has 0 N–H and O–H groups in total. The lowest BCUT2D eigenvalue weighted by atomic mass is 10.4. The zero-order valence-corrected chi connectivity index (χ0v) is 10.7. The van der Waals surface area contributed by atoms with Gasteiger partial charge in [-0.25, -0.2) is 13.4 Å². The molecule has 2 rings (SSSR count). The van der Waals surface area contributed by atoms with Crippen LogP contribution in [0, 0.1) is 12.3 Å². The van der Waals surface area contributed by atoms with E-state index in [1.807, 2.05) is 0 Å². The van der Waals surface area contributed by atoms with E-state index in [2.05, 4.69) is 31.9 Å². The molecule has 2 aromatic heterocycles. The predicted molar refractivity (Wildman–Crippen MR) is 61.7 cm³/mol. The molecule has 0 saturated heterocycles. The Labute approximate surface area is 104 Å². The summed E-state index contributed by atoms with van der Waals surface area (Å²) in [5, 5.41) is 3.67. The van der Waals surface area contributed by atoms with Crippen LogP contribution in [0.2, 0.25) is 0 Å². The fourth-order valence-electron chi connectivity index (χ4n) is 1.17. The van der Waals surface area contributed by atoms with Gasteiger partial charge in [-0.15, -0.1) is 6.42 Å². The van der Waals surface area contributed by atoms with Gasteiger partial charge in [0.2, 0.25) is 5.03 Å². The maximum Gasteiger partial charge on any atom is 0.281 e. The van der Waals surface area contributed by atoms with Crippen LogP contribution < -0.4 is 0 Å². The molecule has 0 saturated carbocycles. The Bertz CT molecular complexity index is 717. The Morgan fingerprint density at radius 1 is 1.50 bits per heavy atom. The van der Waals surface area contributed by atoms with Crippen molar-refractivity contribution in [1.82, 2.24) is 14.6 Å². The summed E-state index contributed by atoms with van der Waals surface area (Å²) in [5.74, 6) is 2.29. The van der Waals surface area contributed by atoms with Gasteiger partial charge in [-0.1, -0.05) is 0 Å². The lowest BCUT2D eigenvalue weighted by molar-refractivity contribution is 0.601. The largest absolute Gasteiger partial charge is 0.281 e. The molecule has 0 spiro atoms. The van der Waals surface area contributed by atoms with Gasteiger partial charge in [0.05, 0.1) is 0 Å². The monoisotopic (exact) mass is 319 g/mol. The number of aromatic nitrogens is 3. The highest BCUT2D eigenvalue weighted by molar-refractivity contribution is 9.10. The highest BCUT2D eigenvalue weighted by atomic mass is 79.9. The first kappa shape index (κ1) is 11.4. The van der Waals surface area contributed by atoms with Gasteiger partial charge in [-0.3, -0.25) is 0 Å². The first-order valence-corrected chi connectivity index (χ1v) is 7.00. The minimum Gasteiger partial charge on any atom is -0.219 e. The molecule has 82 valence electrons. The maximum atomic E-state index is 11.3. The predicted octanol–water partition coefficient (Wildman–Crippen LogP) is 1.40. The minimum atomic E-state index is -3.95. The maximum absolute atomic E-state index is 11.3. The third-order valence-corrected chi connectivity index (χ3v) is 3.86. The number of fused-ring (bicyclic) bond motifs is 1. The lowest BCUT2D eigenvalue weighted by Crippen LogP contribution is -2.02. The van der Waals surface area contributed by atoms with Gasteiger partial charge < -0.3 is 0 Å². The van der Waals surface area contributed by atoms with Crippen LogP contribution in [0.15, 0.2) is 21.8 Å². The molecule has 0 radical (unpaired) electrons. The lowest BCUT2D eigenvalue weighted by Gasteiger charge is -1.97. The van der Waals surface area contributed by atoms with Crippen molar-refractivity contribution in [2.45, 2.75) is 5.03 Å². The zero-order valence-electron chi connectivity index (χ0n) is 7.55. The van der Waals surface area contributed by atoms with E-state index in [0.717, 1.165) is 4.52 Å². The van der Waals surface area contributed by atoms with Gasteiger partial charge in [0, 0.05) is 10.7 Å². The number of hydrogen-bond acceptors (Lipinski definition) is 4. The molecule has 0 bridgehead atoms. The van der Waals surface area contributed by atoms with Crippen molar-refractivity contribution < 1.29 is 8.42 Å². The number of hydrogen-bond donors (Lipinski definition) is 0. The standard InChI is InChI=1S/C8H3BrClN3O2S/c1-2-5-3-4-6-11-7(9)8(13(6)12-5)16(10,14)15/h1,3-4H. The summed E-state index contributed by atoms with van der Waals surface area (Å²) < 4.78 is 23.8. The number of nitrogens with zero attached hydrogens (tertiary/aromatic N) is 3. The molecular formula is C8H3BrClN3O2S. The molecule has 5 nitrogen and oxygen atoms in total. The van der Waals surface area contributed by atoms with Gasteiger partial charge in [0.1, 0.15) is 10.3 Å². The van der Waals surface area contributed by atoms with E-state index in [0.29, 0.717) is 11.3 Å². The molecule has 8 heteroatoms. The second-order valence-electron chi connectivity index (χ2n) is 2.78. The summed E-state index contributed by atoms with van der Waals surface area (Å²) in [4.78, 5) is 3.94. The van der Waals surface area contributed by atoms with Gasteiger partial charge in [-0.2, -0.15) is 9.61 Å². The van der Waals surface area contributed by atoms with Crippen LogP contribution in [-0.4, -0.2) is 23.0 Å². The number of halogens is 2. The average Bonchev–Trinajstić information content (AvgIpc) is 2.51. The third kappa shape index (κ3) is 1.80. The summed E-state index contributed by atoms with van der Waals surface area (Å²) >= 11 is 3.00. The van der Waals surface area contributed by atoms with Crippen molar-refractivity contribution in [3.8, 4) is 12.3 Å². The van der Waals surface area contributed by atoms with Gasteiger partial charge >= 0.3 is 0 Å². The Morgan fingerprint density at radius 2 is 2.19 bits per heavy atom. The SMILES string of the molecule is C#Cc1ccc2nc(Br)c(S(=O)(=O)Cl)n2n1. The van der Waals surface area contributed by atoms with E-state index in [-0.39, 0.29) is 9.63 Å². The summed E-state index contributed by atoms with van der Waals surface area (Å²) in [5.41, 5.74) is 0.629. The number of imidazole rings is 1. The molecule has 0 aliphatic carbocycles. The van der Waals surface area contributed by atoms with E-state index < -0.39 is 9.05 Å². The van der Waals surface area contributed by atoms with E-state index in [1.54, 1.807) is 12.1 Å². The Hall–Kier alpha value is -1.10. The summed E-state index contributed by atoms with van der Waals surface area (Å²) in [6.07, 6.45) is 5.17. The Balaban J connectivity index is 2.94. The van der Waals surface area contributed by atoms with Crippen molar-refractivity contribution in [3.63, 3.8) is 0 Å². The van der Waals surface area contributed by atoms with E-state index >= 15 is 0 Å². The van der Waals surface area contributed by atoms with Crippen LogP contribution in [0.4, 0.5) is 0 Å². The van der Waals surface area contributed by atoms with Crippen molar-refractivity contribution >= 4 is 41.3 Å². The van der Waals surface area contributed by atoms with Crippen LogP contribution in [0.5, 0.6) is 0 Å². The zero-order chi connectivity index (χ0) is 11.9. The average molecular weight is 321 g/mol. The van der Waals surface area contributed by atoms with Crippen LogP contribution >= 0.6 is 26.6 Å². The quantitative estimate of drug-likeness (QED) is 0.588. The smallest absolute Gasteiger partial charge is 0.219 e. The molecule has 16 heavy (non-hydrogen) atoms.